The Morgan fingerprint density at radius 2 is 2.05 bits per heavy atom. The van der Waals surface area contributed by atoms with Crippen molar-refractivity contribution in [2.45, 2.75) is 6.92 Å². The van der Waals surface area contributed by atoms with Gasteiger partial charge in [0.2, 0.25) is 0 Å². The minimum absolute atomic E-state index is 0.128. The van der Waals surface area contributed by atoms with Crippen molar-refractivity contribution >= 4 is 23.3 Å². The van der Waals surface area contributed by atoms with Crippen LogP contribution in [0.1, 0.15) is 6.92 Å². The van der Waals surface area contributed by atoms with Crippen LogP contribution in [0.4, 0.5) is 11.4 Å². The van der Waals surface area contributed by atoms with Crippen LogP contribution in [-0.2, 0) is 19.1 Å². The third kappa shape index (κ3) is 5.37. The lowest BCUT2D eigenvalue weighted by atomic mass is 10.2. The summed E-state index contributed by atoms with van der Waals surface area (Å²) in [4.78, 5) is 32.9. The molecule has 0 fully saturated rings. The Morgan fingerprint density at radius 3 is 2.64 bits per heavy atom. The van der Waals surface area contributed by atoms with Crippen molar-refractivity contribution in [1.29, 1.82) is 0 Å². The molecular formula is C13H16N2O7. The van der Waals surface area contributed by atoms with Crippen molar-refractivity contribution in [3.63, 3.8) is 0 Å². The molecular weight excluding hydrogens is 296 g/mol. The van der Waals surface area contributed by atoms with Crippen LogP contribution in [0.2, 0.25) is 0 Å². The van der Waals surface area contributed by atoms with Gasteiger partial charge in [0.15, 0.2) is 6.61 Å². The summed E-state index contributed by atoms with van der Waals surface area (Å²) < 4.78 is 14.5. The molecule has 0 atom stereocenters. The molecule has 0 bridgehead atoms. The summed E-state index contributed by atoms with van der Waals surface area (Å²) in [6, 6.07) is 3.73. The average molecular weight is 312 g/mol. The van der Waals surface area contributed by atoms with E-state index in [-0.39, 0.29) is 23.7 Å². The Kier molecular flexibility index (Phi) is 6.77. The number of non-ortho nitro benzene ring substituents is 1. The summed E-state index contributed by atoms with van der Waals surface area (Å²) >= 11 is 0. The number of benzene rings is 1. The fraction of sp³-hybridized carbons (Fsp3) is 0.385. The molecule has 1 aromatic rings. The number of esters is 1. The smallest absolute Gasteiger partial charge is 0.332 e. The van der Waals surface area contributed by atoms with E-state index in [1.54, 1.807) is 6.92 Å². The number of amides is 1. The number of anilines is 1. The largest absolute Gasteiger partial charge is 0.494 e. The second-order valence-corrected chi connectivity index (χ2v) is 3.99. The number of nitro groups is 1. The zero-order valence-electron chi connectivity index (χ0n) is 12.2. The van der Waals surface area contributed by atoms with Gasteiger partial charge in [0, 0.05) is 12.7 Å². The van der Waals surface area contributed by atoms with Crippen LogP contribution in [0.15, 0.2) is 18.2 Å². The number of nitro benzene ring substituents is 1. The van der Waals surface area contributed by atoms with Crippen LogP contribution in [0.3, 0.4) is 0 Å². The quantitative estimate of drug-likeness (QED) is 0.434. The molecule has 1 rings (SSSR count). The Labute approximate surface area is 126 Å². The first-order valence-electron chi connectivity index (χ1n) is 6.33. The van der Waals surface area contributed by atoms with Gasteiger partial charge in [-0.05, 0) is 13.0 Å². The van der Waals surface area contributed by atoms with Crippen LogP contribution in [0.5, 0.6) is 5.75 Å². The van der Waals surface area contributed by atoms with E-state index >= 15 is 0 Å². The van der Waals surface area contributed by atoms with Crippen LogP contribution >= 0.6 is 0 Å². The number of hydrogen-bond acceptors (Lipinski definition) is 7. The van der Waals surface area contributed by atoms with Gasteiger partial charge < -0.3 is 19.5 Å². The van der Waals surface area contributed by atoms with Crippen molar-refractivity contribution in [3.8, 4) is 5.75 Å². The summed E-state index contributed by atoms with van der Waals surface area (Å²) in [7, 11) is 1.32. The SMILES string of the molecule is CCOCC(=O)OCC(=O)Nc1ccc([N+](=O)[O-])cc1OC. The van der Waals surface area contributed by atoms with Crippen molar-refractivity contribution in [1.82, 2.24) is 0 Å². The summed E-state index contributed by atoms with van der Waals surface area (Å²) in [5.74, 6) is -1.13. The molecule has 0 aliphatic heterocycles. The van der Waals surface area contributed by atoms with Crippen molar-refractivity contribution in [3.05, 3.63) is 28.3 Å². The fourth-order valence-electron chi connectivity index (χ4n) is 1.46. The van der Waals surface area contributed by atoms with E-state index in [4.69, 9.17) is 9.47 Å². The minimum atomic E-state index is -0.660. The lowest BCUT2D eigenvalue weighted by Crippen LogP contribution is -2.23. The lowest BCUT2D eigenvalue weighted by Gasteiger charge is -2.10. The molecule has 120 valence electrons. The van der Waals surface area contributed by atoms with Gasteiger partial charge in [-0.3, -0.25) is 14.9 Å². The maximum Gasteiger partial charge on any atom is 0.332 e. The van der Waals surface area contributed by atoms with E-state index < -0.39 is 23.4 Å². The van der Waals surface area contributed by atoms with Gasteiger partial charge >= 0.3 is 5.97 Å². The van der Waals surface area contributed by atoms with Crippen LogP contribution in [-0.4, -0.2) is 43.7 Å². The Hall–Kier alpha value is -2.68. The van der Waals surface area contributed by atoms with Crippen molar-refractivity contribution in [2.24, 2.45) is 0 Å². The summed E-state index contributed by atoms with van der Waals surface area (Å²) in [5.41, 5.74) is 0.0666. The van der Waals surface area contributed by atoms with E-state index in [0.717, 1.165) is 0 Å². The first-order chi connectivity index (χ1) is 10.5. The molecule has 9 nitrogen and oxygen atoms in total. The molecule has 0 radical (unpaired) electrons. The first-order valence-corrected chi connectivity index (χ1v) is 6.33. The summed E-state index contributed by atoms with van der Waals surface area (Å²) in [6.07, 6.45) is 0. The fourth-order valence-corrected chi connectivity index (χ4v) is 1.46. The zero-order chi connectivity index (χ0) is 16.5. The highest BCUT2D eigenvalue weighted by molar-refractivity contribution is 5.94. The Morgan fingerprint density at radius 1 is 1.32 bits per heavy atom. The van der Waals surface area contributed by atoms with E-state index in [0.29, 0.717) is 6.61 Å². The summed E-state index contributed by atoms with van der Waals surface area (Å²) in [6.45, 7) is 1.36. The predicted octanol–water partition coefficient (Wildman–Crippen LogP) is 1.12. The van der Waals surface area contributed by atoms with Crippen LogP contribution < -0.4 is 10.1 Å². The van der Waals surface area contributed by atoms with Gasteiger partial charge in [-0.15, -0.1) is 0 Å². The second-order valence-electron chi connectivity index (χ2n) is 3.99. The van der Waals surface area contributed by atoms with E-state index in [1.165, 1.54) is 25.3 Å². The average Bonchev–Trinajstić information content (AvgIpc) is 2.51. The van der Waals surface area contributed by atoms with Crippen LogP contribution in [0.25, 0.3) is 0 Å². The van der Waals surface area contributed by atoms with Gasteiger partial charge in [0.25, 0.3) is 11.6 Å². The maximum absolute atomic E-state index is 11.7. The van der Waals surface area contributed by atoms with Gasteiger partial charge in [-0.25, -0.2) is 4.79 Å². The molecule has 9 heteroatoms. The van der Waals surface area contributed by atoms with Gasteiger partial charge in [-0.1, -0.05) is 0 Å². The number of rotatable bonds is 8. The number of nitrogens with one attached hydrogen (secondary N) is 1. The minimum Gasteiger partial charge on any atom is -0.494 e. The molecule has 0 aromatic heterocycles. The summed E-state index contributed by atoms with van der Waals surface area (Å²) in [5, 5.41) is 13.1. The van der Waals surface area contributed by atoms with E-state index in [9.17, 15) is 19.7 Å². The topological polar surface area (TPSA) is 117 Å². The van der Waals surface area contributed by atoms with Crippen LogP contribution in [0, 0.1) is 10.1 Å². The number of carbonyl (C=O) groups excluding carboxylic acids is 2. The molecule has 0 saturated heterocycles. The van der Waals surface area contributed by atoms with Crippen molar-refractivity contribution in [2.75, 3.05) is 32.2 Å². The molecule has 0 heterocycles. The second kappa shape index (κ2) is 8.57. The third-order valence-electron chi connectivity index (χ3n) is 2.46. The normalized spacial score (nSPS) is 9.91. The molecule has 0 aliphatic rings. The molecule has 0 unspecified atom stereocenters. The third-order valence-corrected chi connectivity index (χ3v) is 2.46. The highest BCUT2D eigenvalue weighted by Gasteiger charge is 2.14. The van der Waals surface area contributed by atoms with Crippen molar-refractivity contribution < 1.29 is 28.7 Å². The molecule has 0 aliphatic carbocycles. The van der Waals surface area contributed by atoms with Gasteiger partial charge in [-0.2, -0.15) is 0 Å². The predicted molar refractivity (Wildman–Crippen MR) is 75.7 cm³/mol. The highest BCUT2D eigenvalue weighted by Crippen LogP contribution is 2.28. The maximum atomic E-state index is 11.7. The molecule has 1 N–H and O–H groups in total. The lowest BCUT2D eigenvalue weighted by molar-refractivity contribution is -0.384. The zero-order valence-corrected chi connectivity index (χ0v) is 12.2. The van der Waals surface area contributed by atoms with E-state index in [1.807, 2.05) is 0 Å². The number of carbonyl (C=O) groups is 2. The molecule has 1 amide bonds. The standard InChI is InChI=1S/C13H16N2O7/c1-3-21-8-13(17)22-7-12(16)14-10-5-4-9(15(18)19)6-11(10)20-2/h4-6H,3,7-8H2,1-2H3,(H,14,16). The number of hydrogen-bond donors (Lipinski definition) is 1. The highest BCUT2D eigenvalue weighted by atomic mass is 16.6. The van der Waals surface area contributed by atoms with Gasteiger partial charge in [0.05, 0.1) is 23.8 Å². The number of nitrogens with zero attached hydrogens (tertiary/aromatic N) is 1. The van der Waals surface area contributed by atoms with Gasteiger partial charge in [0.1, 0.15) is 12.4 Å². The molecule has 0 spiro atoms. The Balaban J connectivity index is 2.60. The number of ether oxygens (including phenoxy) is 3. The Bertz CT molecular complexity index is 559. The first kappa shape index (κ1) is 17.4. The monoisotopic (exact) mass is 312 g/mol. The molecule has 1 aromatic carbocycles. The molecule has 22 heavy (non-hydrogen) atoms. The number of methoxy groups -OCH3 is 1. The van der Waals surface area contributed by atoms with E-state index in [2.05, 4.69) is 10.1 Å². The molecule has 0 saturated carbocycles.